The number of rotatable bonds is 3. The van der Waals surface area contributed by atoms with E-state index >= 15 is 0 Å². The average molecular weight is 368 g/mol. The van der Waals surface area contributed by atoms with Crippen molar-refractivity contribution in [1.82, 2.24) is 4.98 Å². The number of aryl methyl sites for hydroxylation is 2. The van der Waals surface area contributed by atoms with Gasteiger partial charge in [-0.2, -0.15) is 0 Å². The van der Waals surface area contributed by atoms with Crippen LogP contribution in [0.2, 0.25) is 0 Å². The summed E-state index contributed by atoms with van der Waals surface area (Å²) in [5.74, 6) is 0.749. The Kier molecular flexibility index (Phi) is 3.63. The van der Waals surface area contributed by atoms with Gasteiger partial charge in [0.1, 0.15) is 5.75 Å². The van der Waals surface area contributed by atoms with Crippen molar-refractivity contribution in [3.05, 3.63) is 76.9 Å². The number of carbonyl (C=O) groups excluding carboxylic acids is 1. The highest BCUT2D eigenvalue weighted by Crippen LogP contribution is 2.43. The smallest absolute Gasteiger partial charge is 0.260 e. The monoisotopic (exact) mass is 368 g/mol. The Morgan fingerprint density at radius 3 is 2.57 bits per heavy atom. The van der Waals surface area contributed by atoms with Crippen molar-refractivity contribution in [3.63, 3.8) is 0 Å². The van der Waals surface area contributed by atoms with E-state index in [0.29, 0.717) is 6.54 Å². The van der Waals surface area contributed by atoms with Gasteiger partial charge in [-0.3, -0.25) is 4.79 Å². The molecule has 0 spiro atoms. The Labute approximate surface area is 163 Å². The van der Waals surface area contributed by atoms with Gasteiger partial charge in [-0.25, -0.2) is 4.98 Å². The summed E-state index contributed by atoms with van der Waals surface area (Å²) >= 11 is 0. The quantitative estimate of drug-likeness (QED) is 0.468. The highest BCUT2D eigenvalue weighted by Gasteiger charge is 2.33. The van der Waals surface area contributed by atoms with E-state index in [9.17, 15) is 4.79 Å². The number of hydrogen-bond acceptors (Lipinski definition) is 3. The minimum Gasteiger partial charge on any atom is -0.497 e. The molecule has 0 radical (unpaired) electrons. The van der Waals surface area contributed by atoms with E-state index in [1.54, 1.807) is 7.11 Å². The molecule has 2 heterocycles. The third kappa shape index (κ3) is 2.31. The van der Waals surface area contributed by atoms with Gasteiger partial charge in [0.25, 0.3) is 5.91 Å². The van der Waals surface area contributed by atoms with Gasteiger partial charge in [0.05, 0.1) is 35.9 Å². The van der Waals surface area contributed by atoms with E-state index in [4.69, 9.17) is 9.72 Å². The zero-order valence-electron chi connectivity index (χ0n) is 16.1. The van der Waals surface area contributed by atoms with Crippen molar-refractivity contribution in [2.75, 3.05) is 12.0 Å². The zero-order chi connectivity index (χ0) is 19.4. The minimum atomic E-state index is 0.0227. The molecular formula is C24H20N2O2. The van der Waals surface area contributed by atoms with Crippen LogP contribution in [0.5, 0.6) is 5.75 Å². The maximum Gasteiger partial charge on any atom is 0.260 e. The van der Waals surface area contributed by atoms with Crippen LogP contribution in [0.4, 0.5) is 5.69 Å². The maximum atomic E-state index is 13.6. The van der Waals surface area contributed by atoms with Crippen LogP contribution in [-0.2, 0) is 6.54 Å². The number of benzene rings is 3. The first-order valence-corrected chi connectivity index (χ1v) is 9.36. The van der Waals surface area contributed by atoms with Gasteiger partial charge in [-0.1, -0.05) is 30.3 Å². The Morgan fingerprint density at radius 1 is 1.04 bits per heavy atom. The number of pyridine rings is 1. The summed E-state index contributed by atoms with van der Waals surface area (Å²) in [6.07, 6.45) is 0. The van der Waals surface area contributed by atoms with Gasteiger partial charge in [0, 0.05) is 10.8 Å². The molecule has 5 rings (SSSR count). The molecule has 3 aromatic carbocycles. The van der Waals surface area contributed by atoms with Crippen LogP contribution >= 0.6 is 0 Å². The van der Waals surface area contributed by atoms with Crippen molar-refractivity contribution < 1.29 is 9.53 Å². The standard InChI is InChI=1S/C24H20N2O2/c1-14-11-20-22-21(24(27)26(20)13-16-7-5-4-6-8-16)18-12-17(28-3)9-10-19(18)25-23(22)15(14)2/h4-12H,13H2,1-3H3. The number of ether oxygens (including phenoxy) is 1. The highest BCUT2D eigenvalue weighted by molar-refractivity contribution is 6.30. The highest BCUT2D eigenvalue weighted by atomic mass is 16.5. The molecule has 0 N–H and O–H groups in total. The second-order valence-corrected chi connectivity index (χ2v) is 7.31. The average Bonchev–Trinajstić information content (AvgIpc) is 2.99. The van der Waals surface area contributed by atoms with E-state index in [1.807, 2.05) is 53.4 Å². The third-order valence-electron chi connectivity index (χ3n) is 5.68. The van der Waals surface area contributed by atoms with Crippen molar-refractivity contribution in [2.45, 2.75) is 20.4 Å². The zero-order valence-corrected chi connectivity index (χ0v) is 16.1. The summed E-state index contributed by atoms with van der Waals surface area (Å²) in [6, 6.07) is 17.9. The van der Waals surface area contributed by atoms with Crippen LogP contribution < -0.4 is 9.64 Å². The van der Waals surface area contributed by atoms with Gasteiger partial charge in [-0.15, -0.1) is 0 Å². The molecule has 0 saturated carbocycles. The summed E-state index contributed by atoms with van der Waals surface area (Å²) in [6.45, 7) is 4.69. The molecule has 4 heteroatoms. The molecule has 4 nitrogen and oxygen atoms in total. The number of anilines is 1. The fraction of sp³-hybridized carbons (Fsp3) is 0.167. The van der Waals surface area contributed by atoms with Crippen molar-refractivity contribution >= 4 is 33.4 Å². The molecule has 4 aromatic rings. The Morgan fingerprint density at radius 2 is 1.82 bits per heavy atom. The lowest BCUT2D eigenvalue weighted by molar-refractivity contribution is 0.0993. The van der Waals surface area contributed by atoms with E-state index in [1.165, 1.54) is 0 Å². The van der Waals surface area contributed by atoms with E-state index in [2.05, 4.69) is 19.9 Å². The summed E-state index contributed by atoms with van der Waals surface area (Å²) < 4.78 is 5.40. The lowest BCUT2D eigenvalue weighted by atomic mass is 9.98. The van der Waals surface area contributed by atoms with Crippen molar-refractivity contribution in [2.24, 2.45) is 0 Å². The lowest BCUT2D eigenvalue weighted by Crippen LogP contribution is -2.26. The maximum absolute atomic E-state index is 13.6. The van der Waals surface area contributed by atoms with Gasteiger partial charge in [0.2, 0.25) is 0 Å². The number of hydrogen-bond donors (Lipinski definition) is 0. The molecule has 1 aliphatic rings. The van der Waals surface area contributed by atoms with Crippen LogP contribution in [-0.4, -0.2) is 18.0 Å². The number of carbonyl (C=O) groups is 1. The molecule has 1 aliphatic heterocycles. The van der Waals surface area contributed by atoms with E-state index < -0.39 is 0 Å². The molecule has 0 fully saturated rings. The van der Waals surface area contributed by atoms with Gasteiger partial charge < -0.3 is 9.64 Å². The molecule has 0 saturated heterocycles. The molecule has 0 atom stereocenters. The van der Waals surface area contributed by atoms with Crippen molar-refractivity contribution in [1.29, 1.82) is 0 Å². The first kappa shape index (κ1) is 16.8. The number of methoxy groups -OCH3 is 1. The molecule has 1 aromatic heterocycles. The topological polar surface area (TPSA) is 42.4 Å². The summed E-state index contributed by atoms with van der Waals surface area (Å²) in [4.78, 5) is 20.4. The third-order valence-corrected chi connectivity index (χ3v) is 5.68. The summed E-state index contributed by atoms with van der Waals surface area (Å²) in [5, 5.41) is 1.79. The predicted molar refractivity (Wildman–Crippen MR) is 112 cm³/mol. The molecular weight excluding hydrogens is 348 g/mol. The fourth-order valence-corrected chi connectivity index (χ4v) is 4.06. The molecule has 138 valence electrons. The lowest BCUT2D eigenvalue weighted by Gasteiger charge is -2.18. The van der Waals surface area contributed by atoms with Gasteiger partial charge in [0.15, 0.2) is 0 Å². The van der Waals surface area contributed by atoms with E-state index in [0.717, 1.165) is 55.5 Å². The van der Waals surface area contributed by atoms with Crippen LogP contribution in [0.1, 0.15) is 27.0 Å². The van der Waals surface area contributed by atoms with Crippen LogP contribution in [0, 0.1) is 13.8 Å². The van der Waals surface area contributed by atoms with Gasteiger partial charge in [-0.05, 0) is 54.8 Å². The molecule has 0 bridgehead atoms. The number of aromatic nitrogens is 1. The fourth-order valence-electron chi connectivity index (χ4n) is 4.06. The summed E-state index contributed by atoms with van der Waals surface area (Å²) in [5.41, 5.74) is 6.76. The minimum absolute atomic E-state index is 0.0227. The molecule has 0 aliphatic carbocycles. The van der Waals surface area contributed by atoms with Crippen LogP contribution in [0.25, 0.3) is 21.8 Å². The largest absolute Gasteiger partial charge is 0.497 e. The first-order chi connectivity index (χ1) is 13.6. The molecule has 28 heavy (non-hydrogen) atoms. The molecule has 1 amide bonds. The number of amides is 1. The molecule has 0 unspecified atom stereocenters. The normalized spacial score (nSPS) is 13.0. The Hall–Kier alpha value is -3.40. The Bertz CT molecular complexity index is 1260. The van der Waals surface area contributed by atoms with Crippen LogP contribution in [0.15, 0.2) is 54.6 Å². The van der Waals surface area contributed by atoms with E-state index in [-0.39, 0.29) is 5.91 Å². The second-order valence-electron chi connectivity index (χ2n) is 7.31. The van der Waals surface area contributed by atoms with Gasteiger partial charge >= 0.3 is 0 Å². The Balaban J connectivity index is 1.82. The van der Waals surface area contributed by atoms with Crippen LogP contribution in [0.3, 0.4) is 0 Å². The second kappa shape index (κ2) is 6.06. The first-order valence-electron chi connectivity index (χ1n) is 9.36. The predicted octanol–water partition coefficient (Wildman–Crippen LogP) is 5.17. The number of fused-ring (bicyclic) bond motifs is 2. The number of nitrogens with zero attached hydrogens (tertiary/aromatic N) is 2. The SMILES string of the molecule is COc1ccc2nc3c(C)c(C)cc4c3c(c2c1)C(=O)N4Cc1ccccc1. The van der Waals surface area contributed by atoms with Crippen molar-refractivity contribution in [3.8, 4) is 5.75 Å². The summed E-state index contributed by atoms with van der Waals surface area (Å²) in [7, 11) is 1.64.